The number of nitrogens with two attached hydrogens (primary N) is 1. The highest BCUT2D eigenvalue weighted by Gasteiger charge is 2.15. The molecule has 0 spiro atoms. The Morgan fingerprint density at radius 3 is 2.58 bits per heavy atom. The molecule has 0 aromatic carbocycles. The minimum Gasteiger partial charge on any atom is -0.361 e. The Bertz CT molecular complexity index is 329. The Morgan fingerprint density at radius 2 is 2.17 bits per heavy atom. The number of allylic oxidation sites excluding steroid dienone is 1. The van der Waals surface area contributed by atoms with Gasteiger partial charge in [-0.15, -0.1) is 0 Å². The summed E-state index contributed by atoms with van der Waals surface area (Å²) < 4.78 is 22.1. The Hall–Kier alpha value is -0.810. The van der Waals surface area contributed by atoms with Crippen LogP contribution in [-0.4, -0.2) is 32.8 Å². The highest BCUT2D eigenvalue weighted by molar-refractivity contribution is 7.94. The van der Waals surface area contributed by atoms with Gasteiger partial charge in [0.05, 0.1) is 11.1 Å². The first-order valence-electron chi connectivity index (χ1n) is 3.49. The van der Waals surface area contributed by atoms with Crippen LogP contribution in [0.15, 0.2) is 23.3 Å². The fraction of sp³-hybridized carbons (Fsp3) is 0.429. The van der Waals surface area contributed by atoms with Gasteiger partial charge < -0.3 is 10.6 Å². The maximum absolute atomic E-state index is 11.1. The quantitative estimate of drug-likeness (QED) is 0.611. The summed E-state index contributed by atoms with van der Waals surface area (Å²) in [6, 6.07) is 0. The lowest BCUT2D eigenvalue weighted by Gasteiger charge is -2.23. The van der Waals surface area contributed by atoms with Gasteiger partial charge in [-0.1, -0.05) is 0 Å². The summed E-state index contributed by atoms with van der Waals surface area (Å²) in [4.78, 5) is 1.95. The lowest BCUT2D eigenvalue weighted by Crippen LogP contribution is -2.35. The summed E-state index contributed by atoms with van der Waals surface area (Å²) in [5.41, 5.74) is 5.58. The molecule has 4 nitrogen and oxygen atoms in total. The number of hydrogen-bond donors (Lipinski definition) is 1. The average molecular weight is 188 g/mol. The number of sulfone groups is 1. The molecule has 0 radical (unpaired) electrons. The van der Waals surface area contributed by atoms with Gasteiger partial charge >= 0.3 is 0 Å². The van der Waals surface area contributed by atoms with Gasteiger partial charge in [-0.3, -0.25) is 0 Å². The van der Waals surface area contributed by atoms with Gasteiger partial charge in [0.15, 0.2) is 9.84 Å². The van der Waals surface area contributed by atoms with Crippen molar-refractivity contribution in [2.45, 2.75) is 6.17 Å². The summed E-state index contributed by atoms with van der Waals surface area (Å²) in [7, 11) is -1.37. The van der Waals surface area contributed by atoms with E-state index in [2.05, 4.69) is 0 Å². The molecule has 12 heavy (non-hydrogen) atoms. The molecule has 68 valence electrons. The van der Waals surface area contributed by atoms with E-state index in [0.717, 1.165) is 0 Å². The standard InChI is InChI=1S/C7H12N2O2S/c1-9-5-6(12(2,10)11)3-4-7(9)8/h3-5,7H,8H2,1-2H3. The number of hydrogen-bond acceptors (Lipinski definition) is 4. The Kier molecular flexibility index (Phi) is 2.25. The summed E-state index contributed by atoms with van der Waals surface area (Å²) in [6.07, 6.45) is 5.65. The first kappa shape index (κ1) is 9.28. The largest absolute Gasteiger partial charge is 0.361 e. The average Bonchev–Trinajstić information content (AvgIpc) is 1.92. The van der Waals surface area contributed by atoms with Crippen LogP contribution in [0.2, 0.25) is 0 Å². The minimum atomic E-state index is -3.11. The molecule has 1 aliphatic rings. The van der Waals surface area contributed by atoms with Crippen molar-refractivity contribution in [2.24, 2.45) is 5.73 Å². The molecule has 0 fully saturated rings. The van der Waals surface area contributed by atoms with Crippen LogP contribution in [0.4, 0.5) is 0 Å². The Labute approximate surface area is 72.3 Å². The Morgan fingerprint density at radius 1 is 1.58 bits per heavy atom. The maximum atomic E-state index is 11.1. The molecule has 0 aromatic rings. The highest BCUT2D eigenvalue weighted by atomic mass is 32.2. The van der Waals surface area contributed by atoms with Crippen molar-refractivity contribution in [3.8, 4) is 0 Å². The maximum Gasteiger partial charge on any atom is 0.176 e. The molecule has 0 amide bonds. The van der Waals surface area contributed by atoms with Gasteiger partial charge in [0, 0.05) is 19.5 Å². The molecule has 0 bridgehead atoms. The van der Waals surface area contributed by atoms with Gasteiger partial charge in [0.2, 0.25) is 0 Å². The second-order valence-corrected chi connectivity index (χ2v) is 4.83. The summed E-state index contributed by atoms with van der Waals surface area (Å²) in [5.74, 6) is 0. The lowest BCUT2D eigenvalue weighted by atomic mass is 10.3. The third-order valence-electron chi connectivity index (χ3n) is 1.69. The van der Waals surface area contributed by atoms with Crippen LogP contribution in [0.1, 0.15) is 0 Å². The van der Waals surface area contributed by atoms with Crippen molar-refractivity contribution in [3.05, 3.63) is 23.3 Å². The van der Waals surface area contributed by atoms with Crippen LogP contribution < -0.4 is 5.73 Å². The molecule has 0 aromatic heterocycles. The fourth-order valence-corrected chi connectivity index (χ4v) is 1.56. The lowest BCUT2D eigenvalue weighted by molar-refractivity contribution is 0.387. The zero-order chi connectivity index (χ0) is 9.35. The van der Waals surface area contributed by atoms with Crippen LogP contribution in [0.25, 0.3) is 0 Å². The molecule has 0 saturated carbocycles. The van der Waals surface area contributed by atoms with Gasteiger partial charge in [-0.2, -0.15) is 0 Å². The molecule has 1 heterocycles. The van der Waals surface area contributed by atoms with E-state index in [9.17, 15) is 8.42 Å². The smallest absolute Gasteiger partial charge is 0.176 e. The van der Waals surface area contributed by atoms with E-state index in [1.54, 1.807) is 18.0 Å². The van der Waals surface area contributed by atoms with Crippen LogP contribution in [0.5, 0.6) is 0 Å². The third-order valence-corrected chi connectivity index (χ3v) is 2.78. The van der Waals surface area contributed by atoms with E-state index in [1.165, 1.54) is 18.5 Å². The first-order chi connectivity index (χ1) is 5.41. The second kappa shape index (κ2) is 2.91. The molecule has 2 N–H and O–H groups in total. The molecule has 5 heteroatoms. The van der Waals surface area contributed by atoms with E-state index >= 15 is 0 Å². The molecule has 0 aliphatic carbocycles. The van der Waals surface area contributed by atoms with E-state index in [1.807, 2.05) is 0 Å². The molecule has 1 atom stereocenters. The van der Waals surface area contributed by atoms with E-state index < -0.39 is 9.84 Å². The molecule has 1 unspecified atom stereocenters. The van der Waals surface area contributed by atoms with E-state index in [4.69, 9.17) is 5.73 Å². The third kappa shape index (κ3) is 1.86. The Balaban J connectivity index is 2.99. The zero-order valence-electron chi connectivity index (χ0n) is 7.06. The molecule has 0 saturated heterocycles. The topological polar surface area (TPSA) is 63.4 Å². The molecular formula is C7H12N2O2S. The number of nitrogens with zero attached hydrogens (tertiary/aromatic N) is 1. The van der Waals surface area contributed by atoms with Crippen LogP contribution >= 0.6 is 0 Å². The molecule has 1 aliphatic heterocycles. The molecular weight excluding hydrogens is 176 g/mol. The summed E-state index contributed by atoms with van der Waals surface area (Å²) >= 11 is 0. The predicted octanol–water partition coefficient (Wildman–Crippen LogP) is -0.341. The summed E-state index contributed by atoms with van der Waals surface area (Å²) in [5, 5.41) is 0. The minimum absolute atomic E-state index is 0.226. The van der Waals surface area contributed by atoms with Gasteiger partial charge in [0.1, 0.15) is 0 Å². The van der Waals surface area contributed by atoms with E-state index in [-0.39, 0.29) is 6.17 Å². The van der Waals surface area contributed by atoms with Crippen molar-refractivity contribution in [1.29, 1.82) is 0 Å². The van der Waals surface area contributed by atoms with Gasteiger partial charge in [0.25, 0.3) is 0 Å². The van der Waals surface area contributed by atoms with Gasteiger partial charge in [-0.25, -0.2) is 8.42 Å². The predicted molar refractivity (Wildman–Crippen MR) is 47.8 cm³/mol. The van der Waals surface area contributed by atoms with Crippen LogP contribution in [0, 0.1) is 0 Å². The number of likely N-dealkylation sites (N-methyl/N-ethyl adjacent to an activating group) is 1. The zero-order valence-corrected chi connectivity index (χ0v) is 7.88. The van der Waals surface area contributed by atoms with Crippen molar-refractivity contribution >= 4 is 9.84 Å². The van der Waals surface area contributed by atoms with Crippen molar-refractivity contribution < 1.29 is 8.42 Å². The fourth-order valence-electron chi connectivity index (χ4n) is 0.878. The van der Waals surface area contributed by atoms with Crippen molar-refractivity contribution in [2.75, 3.05) is 13.3 Å². The van der Waals surface area contributed by atoms with Gasteiger partial charge in [-0.05, 0) is 12.2 Å². The normalized spacial score (nSPS) is 24.1. The number of rotatable bonds is 1. The summed E-state index contributed by atoms with van der Waals surface area (Å²) in [6.45, 7) is 0. The SMILES string of the molecule is CN1C=C(S(C)(=O)=O)C=CC1N. The monoisotopic (exact) mass is 188 g/mol. The van der Waals surface area contributed by atoms with Crippen LogP contribution in [0.3, 0.4) is 0 Å². The van der Waals surface area contributed by atoms with Crippen molar-refractivity contribution in [1.82, 2.24) is 4.90 Å². The van der Waals surface area contributed by atoms with Crippen molar-refractivity contribution in [3.63, 3.8) is 0 Å². The van der Waals surface area contributed by atoms with Crippen LogP contribution in [-0.2, 0) is 9.84 Å². The first-order valence-corrected chi connectivity index (χ1v) is 5.38. The van der Waals surface area contributed by atoms with E-state index in [0.29, 0.717) is 4.91 Å². The highest BCUT2D eigenvalue weighted by Crippen LogP contribution is 2.13. The molecule has 1 rings (SSSR count). The second-order valence-electron chi connectivity index (χ2n) is 2.82.